The first-order chi connectivity index (χ1) is 14.8. The molecule has 0 fully saturated rings. The molecule has 0 saturated carbocycles. The summed E-state index contributed by atoms with van der Waals surface area (Å²) in [6.45, 7) is 3.68. The predicted octanol–water partition coefficient (Wildman–Crippen LogP) is 4.69. The number of sulfonamides is 1. The molecule has 1 atom stereocenters. The van der Waals surface area contributed by atoms with Gasteiger partial charge in [-0.25, -0.2) is 8.42 Å². The molecule has 0 radical (unpaired) electrons. The average Bonchev–Trinajstić information content (AvgIpc) is 2.78. The second kappa shape index (κ2) is 9.66. The van der Waals surface area contributed by atoms with Crippen LogP contribution < -0.4 is 14.8 Å². The fourth-order valence-electron chi connectivity index (χ4n) is 3.25. The smallest absolute Gasteiger partial charge is 0.262 e. The average molecular weight is 439 g/mol. The number of nitrogens with one attached hydrogen (secondary N) is 2. The van der Waals surface area contributed by atoms with Crippen LogP contribution in [0.4, 0.5) is 5.69 Å². The lowest BCUT2D eigenvalue weighted by Gasteiger charge is -2.18. The van der Waals surface area contributed by atoms with Crippen LogP contribution in [0.5, 0.6) is 5.75 Å². The third-order valence-corrected chi connectivity index (χ3v) is 6.52. The Bertz CT molecular complexity index is 1140. The molecule has 31 heavy (non-hydrogen) atoms. The van der Waals surface area contributed by atoms with E-state index in [-0.39, 0.29) is 22.4 Å². The van der Waals surface area contributed by atoms with E-state index in [2.05, 4.69) is 10.0 Å². The van der Waals surface area contributed by atoms with E-state index in [9.17, 15) is 13.2 Å². The highest BCUT2D eigenvalue weighted by atomic mass is 32.2. The molecule has 3 rings (SSSR count). The topological polar surface area (TPSA) is 84.5 Å². The molecular formula is C24H26N2O4S. The Morgan fingerprint density at radius 1 is 1.00 bits per heavy atom. The molecule has 0 aliphatic rings. The Morgan fingerprint density at radius 3 is 2.29 bits per heavy atom. The first kappa shape index (κ1) is 22.4. The number of carbonyl (C=O) groups is 1. The number of rotatable bonds is 8. The van der Waals surface area contributed by atoms with Crippen LogP contribution in [0.2, 0.25) is 0 Å². The Hall–Kier alpha value is -3.32. The second-order valence-electron chi connectivity index (χ2n) is 7.16. The first-order valence-corrected chi connectivity index (χ1v) is 11.5. The number of hydrogen-bond donors (Lipinski definition) is 2. The highest BCUT2D eigenvalue weighted by molar-refractivity contribution is 7.92. The molecule has 2 N–H and O–H groups in total. The third-order valence-electron chi connectivity index (χ3n) is 5.00. The van der Waals surface area contributed by atoms with Crippen molar-refractivity contribution in [2.75, 3.05) is 11.8 Å². The van der Waals surface area contributed by atoms with Gasteiger partial charge in [-0.05, 0) is 60.9 Å². The zero-order chi connectivity index (χ0) is 22.4. The maximum atomic E-state index is 12.9. The van der Waals surface area contributed by atoms with Gasteiger partial charge in [-0.3, -0.25) is 9.52 Å². The number of benzene rings is 3. The number of aryl methyl sites for hydroxylation is 1. The lowest BCUT2D eigenvalue weighted by Crippen LogP contribution is -2.28. The summed E-state index contributed by atoms with van der Waals surface area (Å²) in [5.74, 6) is 0.406. The van der Waals surface area contributed by atoms with Gasteiger partial charge in [0.2, 0.25) is 0 Å². The number of methoxy groups -OCH3 is 1. The molecule has 0 aromatic heterocycles. The van der Waals surface area contributed by atoms with Crippen LogP contribution in [0.3, 0.4) is 0 Å². The molecule has 0 bridgehead atoms. The van der Waals surface area contributed by atoms with Gasteiger partial charge < -0.3 is 10.1 Å². The van der Waals surface area contributed by atoms with E-state index >= 15 is 0 Å². The minimum atomic E-state index is -3.84. The van der Waals surface area contributed by atoms with Gasteiger partial charge in [-0.15, -0.1) is 0 Å². The van der Waals surface area contributed by atoms with Crippen LogP contribution in [0.1, 0.15) is 40.9 Å². The van der Waals surface area contributed by atoms with Crippen molar-refractivity contribution >= 4 is 21.6 Å². The minimum absolute atomic E-state index is 0.0708. The highest BCUT2D eigenvalue weighted by Crippen LogP contribution is 2.23. The fourth-order valence-corrected chi connectivity index (χ4v) is 4.58. The fraction of sp³-hybridized carbons (Fsp3) is 0.208. The standard InChI is InChI=1S/C24H26N2O4S/c1-4-22(18-12-14-21(30-3)15-13-18)25-24(27)19-11-10-17(2)23(16-19)31(28,29)26-20-8-6-5-7-9-20/h5-16,22,26H,4H2,1-3H3,(H,25,27)/t22-/m0/s1. The zero-order valence-electron chi connectivity index (χ0n) is 17.8. The minimum Gasteiger partial charge on any atom is -0.497 e. The van der Waals surface area contributed by atoms with E-state index in [4.69, 9.17) is 4.74 Å². The summed E-state index contributed by atoms with van der Waals surface area (Å²) >= 11 is 0. The largest absolute Gasteiger partial charge is 0.497 e. The van der Waals surface area contributed by atoms with Crippen molar-refractivity contribution in [3.05, 3.63) is 89.5 Å². The molecule has 7 heteroatoms. The summed E-state index contributed by atoms with van der Waals surface area (Å²) < 4.78 is 33.5. The Kier molecular flexibility index (Phi) is 6.97. The molecule has 6 nitrogen and oxygen atoms in total. The maximum absolute atomic E-state index is 12.9. The number of hydrogen-bond acceptors (Lipinski definition) is 4. The van der Waals surface area contributed by atoms with Crippen LogP contribution in [0.25, 0.3) is 0 Å². The summed E-state index contributed by atoms with van der Waals surface area (Å²) in [6, 6.07) is 20.6. The van der Waals surface area contributed by atoms with E-state index in [1.165, 1.54) is 6.07 Å². The Morgan fingerprint density at radius 2 is 1.68 bits per heavy atom. The summed E-state index contributed by atoms with van der Waals surface area (Å²) in [6.07, 6.45) is 0.685. The molecule has 0 spiro atoms. The van der Waals surface area contributed by atoms with Crippen LogP contribution in [-0.2, 0) is 10.0 Å². The molecule has 1 amide bonds. The SMILES string of the molecule is CC[C@H](NC(=O)c1ccc(C)c(S(=O)(=O)Nc2ccccc2)c1)c1ccc(OC)cc1. The number of anilines is 1. The van der Waals surface area contributed by atoms with Crippen LogP contribution >= 0.6 is 0 Å². The van der Waals surface area contributed by atoms with Crippen molar-refractivity contribution in [3.8, 4) is 5.75 Å². The van der Waals surface area contributed by atoms with Gasteiger partial charge >= 0.3 is 0 Å². The van der Waals surface area contributed by atoms with Gasteiger partial charge in [-0.2, -0.15) is 0 Å². The molecule has 3 aromatic carbocycles. The monoisotopic (exact) mass is 438 g/mol. The van der Waals surface area contributed by atoms with Crippen molar-refractivity contribution < 1.29 is 17.9 Å². The van der Waals surface area contributed by atoms with Crippen LogP contribution in [0, 0.1) is 6.92 Å². The van der Waals surface area contributed by atoms with E-state index < -0.39 is 10.0 Å². The predicted molar refractivity (Wildman–Crippen MR) is 122 cm³/mol. The summed E-state index contributed by atoms with van der Waals surface area (Å²) in [4.78, 5) is 13.0. The molecule has 0 heterocycles. The summed E-state index contributed by atoms with van der Waals surface area (Å²) in [5, 5.41) is 2.99. The quantitative estimate of drug-likeness (QED) is 0.535. The van der Waals surface area contributed by atoms with Crippen molar-refractivity contribution in [3.63, 3.8) is 0 Å². The molecule has 3 aromatic rings. The highest BCUT2D eigenvalue weighted by Gasteiger charge is 2.21. The number of carbonyl (C=O) groups excluding carboxylic acids is 1. The van der Waals surface area contributed by atoms with Crippen LogP contribution in [-0.4, -0.2) is 21.4 Å². The second-order valence-corrected chi connectivity index (χ2v) is 8.81. The van der Waals surface area contributed by atoms with E-state index in [1.807, 2.05) is 31.2 Å². The lowest BCUT2D eigenvalue weighted by atomic mass is 10.0. The first-order valence-electron chi connectivity index (χ1n) is 9.97. The van der Waals surface area contributed by atoms with Crippen LogP contribution in [0.15, 0.2) is 77.7 Å². The van der Waals surface area contributed by atoms with Crippen molar-refractivity contribution in [1.29, 1.82) is 0 Å². The zero-order valence-corrected chi connectivity index (χ0v) is 18.6. The number of para-hydroxylation sites is 1. The van der Waals surface area contributed by atoms with Gasteiger partial charge in [0.1, 0.15) is 5.75 Å². The van der Waals surface area contributed by atoms with E-state index in [1.54, 1.807) is 56.5 Å². The normalized spacial score (nSPS) is 12.1. The van der Waals surface area contributed by atoms with Gasteiger partial charge in [0.05, 0.1) is 18.0 Å². The van der Waals surface area contributed by atoms with E-state index in [0.717, 1.165) is 11.3 Å². The van der Waals surface area contributed by atoms with Gasteiger partial charge in [0.25, 0.3) is 15.9 Å². The molecule has 0 aliphatic carbocycles. The van der Waals surface area contributed by atoms with Gasteiger partial charge in [0, 0.05) is 11.3 Å². The maximum Gasteiger partial charge on any atom is 0.262 e. The molecular weight excluding hydrogens is 412 g/mol. The summed E-state index contributed by atoms with van der Waals surface area (Å²) in [7, 11) is -2.24. The Balaban J connectivity index is 1.83. The Labute approximate surface area is 183 Å². The van der Waals surface area contributed by atoms with Gasteiger partial charge in [0.15, 0.2) is 0 Å². The lowest BCUT2D eigenvalue weighted by molar-refractivity contribution is 0.0935. The van der Waals surface area contributed by atoms with Gasteiger partial charge in [-0.1, -0.05) is 43.3 Å². The van der Waals surface area contributed by atoms with Crippen molar-refractivity contribution in [1.82, 2.24) is 5.32 Å². The number of amides is 1. The van der Waals surface area contributed by atoms with E-state index in [0.29, 0.717) is 17.7 Å². The third kappa shape index (κ3) is 5.44. The number of ether oxygens (including phenoxy) is 1. The molecule has 162 valence electrons. The summed E-state index contributed by atoms with van der Waals surface area (Å²) in [5.41, 5.74) is 2.25. The molecule has 0 unspecified atom stereocenters. The molecule has 0 saturated heterocycles. The van der Waals surface area contributed by atoms with Crippen molar-refractivity contribution in [2.24, 2.45) is 0 Å². The molecule has 0 aliphatic heterocycles. The van der Waals surface area contributed by atoms with Crippen molar-refractivity contribution in [2.45, 2.75) is 31.2 Å².